The summed E-state index contributed by atoms with van der Waals surface area (Å²) in [7, 11) is 3.15. The molecule has 2 aromatic rings. The highest BCUT2D eigenvalue weighted by molar-refractivity contribution is 5.93. The minimum absolute atomic E-state index is 0. The highest BCUT2D eigenvalue weighted by Gasteiger charge is 2.12. The molecule has 2 rings (SSSR count). The number of carboxylic acids is 1. The van der Waals surface area contributed by atoms with Crippen LogP contribution in [0.5, 0.6) is 5.75 Å². The van der Waals surface area contributed by atoms with Gasteiger partial charge in [0.15, 0.2) is 12.6 Å². The van der Waals surface area contributed by atoms with Crippen LogP contribution in [0.3, 0.4) is 0 Å². The van der Waals surface area contributed by atoms with Crippen LogP contribution in [0.4, 0.5) is 5.69 Å². The highest BCUT2D eigenvalue weighted by Crippen LogP contribution is 2.16. The number of aliphatic hydroxyl groups excluding tert-OH is 1. The molecular formula is C22H28N4O9. The second kappa shape index (κ2) is 15.4. The van der Waals surface area contributed by atoms with Gasteiger partial charge in [0.25, 0.3) is 5.91 Å². The third kappa shape index (κ3) is 12.4. The molecule has 1 amide bonds. The number of nitrogens with one attached hydrogen (secondary N) is 2. The maximum atomic E-state index is 12.2. The molecule has 8 N–H and O–H groups in total. The van der Waals surface area contributed by atoms with Crippen molar-refractivity contribution in [2.75, 3.05) is 32.6 Å². The number of ether oxygens (including phenoxy) is 2. The minimum Gasteiger partial charge on any atom is -0.480 e. The molecule has 0 bridgehead atoms. The quantitative estimate of drug-likeness (QED) is 0.139. The first kappa shape index (κ1) is 30.5. The topological polar surface area (TPSA) is 224 Å². The second-order valence-corrected chi connectivity index (χ2v) is 6.83. The number of hydrogen-bond acceptors (Lipinski definition) is 8. The molecule has 13 heteroatoms. The van der Waals surface area contributed by atoms with E-state index in [1.54, 1.807) is 62.6 Å². The lowest BCUT2D eigenvalue weighted by Crippen LogP contribution is -2.27. The molecule has 0 fully saturated rings. The molecule has 13 nitrogen and oxygen atoms in total. The Labute approximate surface area is 200 Å². The number of carbonyl (C=O) groups excluding carboxylic acids is 3. The molecule has 0 aromatic heterocycles. The number of nitrogens with zero attached hydrogens (tertiary/aromatic N) is 1. The van der Waals surface area contributed by atoms with E-state index in [0.29, 0.717) is 22.6 Å². The Bertz CT molecular complexity index is 1010. The number of aliphatic carboxylic acids is 1. The summed E-state index contributed by atoms with van der Waals surface area (Å²) in [6, 6.07) is 12.7. The Balaban J connectivity index is 0.00000175. The first-order valence-corrected chi connectivity index (χ1v) is 9.72. The smallest absolute Gasteiger partial charge is 0.343 e. The molecule has 0 aliphatic carbocycles. The van der Waals surface area contributed by atoms with Crippen molar-refractivity contribution in [1.29, 1.82) is 5.41 Å². The monoisotopic (exact) mass is 492 g/mol. The number of carbonyl (C=O) groups is 4. The lowest BCUT2D eigenvalue weighted by molar-refractivity contribution is -0.150. The third-order valence-electron chi connectivity index (χ3n) is 3.87. The van der Waals surface area contributed by atoms with E-state index in [9.17, 15) is 14.4 Å². The SMILES string of the molecule is CN(C)C(=O)COC(=O)Cc1ccc(OC(=O)c2ccc(NC(=N)N)cc2)cc1.O.O=C(O)CO. The normalized spacial score (nSPS) is 9.34. The average Bonchev–Trinajstić information content (AvgIpc) is 2.79. The predicted octanol–water partition coefficient (Wildman–Crippen LogP) is -0.376. The van der Waals surface area contributed by atoms with Crippen molar-refractivity contribution >= 4 is 35.5 Å². The number of guanidine groups is 1. The summed E-state index contributed by atoms with van der Waals surface area (Å²) in [5, 5.41) is 24.8. The fourth-order valence-electron chi connectivity index (χ4n) is 2.18. The fraction of sp³-hybridized carbons (Fsp3) is 0.227. The summed E-state index contributed by atoms with van der Waals surface area (Å²) in [5.74, 6) is -2.44. The molecule has 0 radical (unpaired) electrons. The molecule has 190 valence electrons. The Morgan fingerprint density at radius 1 is 1.03 bits per heavy atom. The van der Waals surface area contributed by atoms with Crippen LogP contribution in [0.15, 0.2) is 48.5 Å². The van der Waals surface area contributed by atoms with Gasteiger partial charge in [0.1, 0.15) is 12.4 Å². The van der Waals surface area contributed by atoms with Crippen molar-refractivity contribution in [2.45, 2.75) is 6.42 Å². The van der Waals surface area contributed by atoms with Crippen LogP contribution in [0.1, 0.15) is 15.9 Å². The van der Waals surface area contributed by atoms with Crippen molar-refractivity contribution in [1.82, 2.24) is 4.90 Å². The van der Waals surface area contributed by atoms with Crippen LogP contribution in [0.25, 0.3) is 0 Å². The minimum atomic E-state index is -1.19. The maximum Gasteiger partial charge on any atom is 0.343 e. The van der Waals surface area contributed by atoms with E-state index in [1.165, 1.54) is 4.90 Å². The zero-order valence-corrected chi connectivity index (χ0v) is 19.1. The number of esters is 2. The van der Waals surface area contributed by atoms with Gasteiger partial charge in [0.05, 0.1) is 12.0 Å². The third-order valence-corrected chi connectivity index (χ3v) is 3.87. The number of nitrogens with two attached hydrogens (primary N) is 1. The van der Waals surface area contributed by atoms with Gasteiger partial charge in [-0.3, -0.25) is 15.0 Å². The van der Waals surface area contributed by atoms with Crippen molar-refractivity contribution in [3.63, 3.8) is 0 Å². The van der Waals surface area contributed by atoms with E-state index in [4.69, 9.17) is 35.6 Å². The molecule has 0 atom stereocenters. The zero-order chi connectivity index (χ0) is 25.7. The van der Waals surface area contributed by atoms with Crippen LogP contribution in [-0.4, -0.2) is 77.7 Å². The summed E-state index contributed by atoms with van der Waals surface area (Å²) in [5.41, 5.74) is 6.81. The van der Waals surface area contributed by atoms with Gasteiger partial charge in [0, 0.05) is 19.8 Å². The van der Waals surface area contributed by atoms with Crippen LogP contribution in [-0.2, 0) is 25.5 Å². The first-order chi connectivity index (χ1) is 16.0. The summed E-state index contributed by atoms with van der Waals surface area (Å²) < 4.78 is 10.2. The van der Waals surface area contributed by atoms with Gasteiger partial charge < -0.3 is 41.1 Å². The molecule has 0 saturated heterocycles. The summed E-state index contributed by atoms with van der Waals surface area (Å²) in [6.07, 6.45) is -0.000450. The van der Waals surface area contributed by atoms with Gasteiger partial charge >= 0.3 is 17.9 Å². The lowest BCUT2D eigenvalue weighted by atomic mass is 10.1. The number of aliphatic hydroxyl groups is 1. The largest absolute Gasteiger partial charge is 0.480 e. The molecule has 0 heterocycles. The summed E-state index contributed by atoms with van der Waals surface area (Å²) >= 11 is 0. The van der Waals surface area contributed by atoms with E-state index in [2.05, 4.69) is 5.32 Å². The fourth-order valence-corrected chi connectivity index (χ4v) is 2.18. The molecule has 0 spiro atoms. The Morgan fingerprint density at radius 3 is 2.03 bits per heavy atom. The highest BCUT2D eigenvalue weighted by atomic mass is 16.5. The Morgan fingerprint density at radius 2 is 1.57 bits per heavy atom. The van der Waals surface area contributed by atoms with Gasteiger partial charge in [-0.1, -0.05) is 12.1 Å². The van der Waals surface area contributed by atoms with Crippen LogP contribution >= 0.6 is 0 Å². The van der Waals surface area contributed by atoms with E-state index >= 15 is 0 Å². The predicted molar refractivity (Wildman–Crippen MR) is 125 cm³/mol. The van der Waals surface area contributed by atoms with Crippen molar-refractivity contribution in [3.05, 3.63) is 59.7 Å². The number of benzene rings is 2. The van der Waals surface area contributed by atoms with E-state index in [0.717, 1.165) is 0 Å². The lowest BCUT2D eigenvalue weighted by Gasteiger charge is -2.10. The second-order valence-electron chi connectivity index (χ2n) is 6.83. The van der Waals surface area contributed by atoms with Gasteiger partial charge in [-0.25, -0.2) is 9.59 Å². The van der Waals surface area contributed by atoms with E-state index in [-0.39, 0.29) is 30.4 Å². The molecular weight excluding hydrogens is 464 g/mol. The van der Waals surface area contributed by atoms with E-state index in [1.807, 2.05) is 0 Å². The van der Waals surface area contributed by atoms with Crippen LogP contribution in [0, 0.1) is 5.41 Å². The maximum absolute atomic E-state index is 12.2. The summed E-state index contributed by atoms with van der Waals surface area (Å²) in [6.45, 7) is -1.08. The van der Waals surface area contributed by atoms with Crippen molar-refractivity contribution in [2.24, 2.45) is 5.73 Å². The van der Waals surface area contributed by atoms with E-state index < -0.39 is 24.5 Å². The van der Waals surface area contributed by atoms with Gasteiger partial charge in [-0.05, 0) is 42.0 Å². The first-order valence-electron chi connectivity index (χ1n) is 9.72. The molecule has 0 aliphatic heterocycles. The molecule has 2 aromatic carbocycles. The van der Waals surface area contributed by atoms with Gasteiger partial charge in [0.2, 0.25) is 0 Å². The number of anilines is 1. The van der Waals surface area contributed by atoms with Crippen molar-refractivity contribution in [3.8, 4) is 5.75 Å². The molecule has 0 aliphatic rings. The number of amides is 1. The van der Waals surface area contributed by atoms with Gasteiger partial charge in [-0.2, -0.15) is 0 Å². The molecule has 0 unspecified atom stereocenters. The standard InChI is InChI=1S/C20H22N4O5.C2H4O3.H2O/c1-24(2)17(25)12-28-18(26)11-13-3-9-16(10-4-13)29-19(27)14-5-7-15(8-6-14)23-20(21)22;3-1-2(4)5;/h3-10H,11-12H2,1-2H3,(H4,21,22,23);3H,1H2,(H,4,5);1H2. The molecule has 0 saturated carbocycles. The van der Waals surface area contributed by atoms with Gasteiger partial charge in [-0.15, -0.1) is 0 Å². The Hall–Kier alpha value is -4.49. The number of rotatable bonds is 8. The van der Waals surface area contributed by atoms with Crippen LogP contribution in [0.2, 0.25) is 0 Å². The van der Waals surface area contributed by atoms with Crippen molar-refractivity contribution < 1.29 is 44.3 Å². The average molecular weight is 492 g/mol. The Kier molecular flexibility index (Phi) is 13.4. The zero-order valence-electron chi connectivity index (χ0n) is 19.1. The summed E-state index contributed by atoms with van der Waals surface area (Å²) in [4.78, 5) is 45.8. The number of carboxylic acid groups (broad SMARTS) is 1. The number of likely N-dealkylation sites (N-methyl/N-ethyl adjacent to an activating group) is 1. The molecule has 35 heavy (non-hydrogen) atoms. The number of hydrogen-bond donors (Lipinski definition) is 5. The van der Waals surface area contributed by atoms with Crippen LogP contribution < -0.4 is 15.8 Å².